The molecule has 0 atom stereocenters. The minimum atomic E-state index is 0.260. The molecule has 176 valence electrons. The Morgan fingerprint density at radius 3 is 2.14 bits per heavy atom. The van der Waals surface area contributed by atoms with Crippen LogP contribution in [0.2, 0.25) is 0 Å². The first kappa shape index (κ1) is 22.9. The average Bonchev–Trinajstić information content (AvgIpc) is 3.42. The Kier molecular flexibility index (Phi) is 6.94. The van der Waals surface area contributed by atoms with Crippen LogP contribution in [-0.4, -0.2) is 18.2 Å². The Balaban J connectivity index is 1.54. The number of methoxy groups -OCH3 is 1. The van der Waals surface area contributed by atoms with Gasteiger partial charge in [-0.1, -0.05) is 66.2 Å². The van der Waals surface area contributed by atoms with E-state index in [1.807, 2.05) is 30.5 Å². The molecule has 1 aliphatic carbocycles. The van der Waals surface area contributed by atoms with Crippen LogP contribution < -0.4 is 9.47 Å². The van der Waals surface area contributed by atoms with Crippen LogP contribution in [0.4, 0.5) is 0 Å². The molecule has 0 radical (unpaired) electrons. The summed E-state index contributed by atoms with van der Waals surface area (Å²) in [6, 6.07) is 29.6. The molecule has 1 saturated carbocycles. The van der Waals surface area contributed by atoms with Gasteiger partial charge in [-0.05, 0) is 90.8 Å². The summed E-state index contributed by atoms with van der Waals surface area (Å²) in [7, 11) is 1.70. The first-order valence-electron chi connectivity index (χ1n) is 12.3. The first-order valence-corrected chi connectivity index (χ1v) is 12.3. The van der Waals surface area contributed by atoms with Crippen molar-refractivity contribution in [2.75, 3.05) is 7.11 Å². The van der Waals surface area contributed by atoms with Gasteiger partial charge in [0.1, 0.15) is 0 Å². The number of pyridine rings is 1. The van der Waals surface area contributed by atoms with Crippen LogP contribution in [0.5, 0.6) is 11.5 Å². The summed E-state index contributed by atoms with van der Waals surface area (Å²) >= 11 is 0. The van der Waals surface area contributed by atoms with Gasteiger partial charge in [0.25, 0.3) is 0 Å². The molecule has 3 aromatic carbocycles. The highest BCUT2D eigenvalue weighted by molar-refractivity contribution is 5.91. The highest BCUT2D eigenvalue weighted by Gasteiger charge is 2.19. The van der Waals surface area contributed by atoms with E-state index in [0.29, 0.717) is 0 Å². The number of aryl methyl sites for hydroxylation is 1. The molecule has 0 N–H and O–H groups in total. The van der Waals surface area contributed by atoms with Crippen LogP contribution in [0.1, 0.15) is 48.1 Å². The van der Waals surface area contributed by atoms with E-state index in [0.717, 1.165) is 46.7 Å². The third-order valence-electron chi connectivity index (χ3n) is 6.63. The van der Waals surface area contributed by atoms with Gasteiger partial charge < -0.3 is 9.47 Å². The highest BCUT2D eigenvalue weighted by atomic mass is 16.5. The third-order valence-corrected chi connectivity index (χ3v) is 6.63. The smallest absolute Gasteiger partial charge is 0.162 e. The lowest BCUT2D eigenvalue weighted by Crippen LogP contribution is -2.11. The lowest BCUT2D eigenvalue weighted by atomic mass is 9.94. The summed E-state index contributed by atoms with van der Waals surface area (Å²) in [5.74, 6) is 1.58. The number of ether oxygens (including phenoxy) is 2. The fourth-order valence-corrected chi connectivity index (χ4v) is 4.65. The van der Waals surface area contributed by atoms with E-state index >= 15 is 0 Å². The third kappa shape index (κ3) is 5.46. The maximum atomic E-state index is 6.39. The van der Waals surface area contributed by atoms with Gasteiger partial charge in [0.2, 0.25) is 0 Å². The van der Waals surface area contributed by atoms with Gasteiger partial charge in [-0.2, -0.15) is 0 Å². The summed E-state index contributed by atoms with van der Waals surface area (Å²) in [5, 5.41) is 0. The summed E-state index contributed by atoms with van der Waals surface area (Å²) in [6.07, 6.45) is 8.88. The normalized spacial score (nSPS) is 14.2. The van der Waals surface area contributed by atoms with E-state index in [4.69, 9.17) is 9.47 Å². The van der Waals surface area contributed by atoms with E-state index in [1.165, 1.54) is 29.5 Å². The van der Waals surface area contributed by atoms with Crippen molar-refractivity contribution < 1.29 is 9.47 Å². The largest absolute Gasteiger partial charge is 0.493 e. The van der Waals surface area contributed by atoms with Gasteiger partial charge in [-0.15, -0.1) is 0 Å². The Morgan fingerprint density at radius 2 is 1.49 bits per heavy atom. The van der Waals surface area contributed by atoms with Crippen molar-refractivity contribution in [2.24, 2.45) is 0 Å². The fourth-order valence-electron chi connectivity index (χ4n) is 4.65. The quantitative estimate of drug-likeness (QED) is 0.280. The van der Waals surface area contributed by atoms with Gasteiger partial charge in [0.15, 0.2) is 11.5 Å². The lowest BCUT2D eigenvalue weighted by molar-refractivity contribution is 0.201. The molecule has 1 aromatic heterocycles. The van der Waals surface area contributed by atoms with Crippen molar-refractivity contribution in [3.63, 3.8) is 0 Å². The molecule has 4 aromatic rings. The topological polar surface area (TPSA) is 31.4 Å². The molecular weight excluding hydrogens is 430 g/mol. The number of nitrogens with zero attached hydrogens (tertiary/aromatic N) is 1. The molecule has 0 saturated heterocycles. The second-order valence-electron chi connectivity index (χ2n) is 9.15. The maximum absolute atomic E-state index is 6.39. The minimum absolute atomic E-state index is 0.260. The predicted molar refractivity (Wildman–Crippen MR) is 144 cm³/mol. The van der Waals surface area contributed by atoms with Crippen LogP contribution in [0.15, 0.2) is 91.1 Å². The maximum Gasteiger partial charge on any atom is 0.162 e. The fraction of sp³-hybridized carbons (Fsp3) is 0.219. The van der Waals surface area contributed by atoms with Crippen LogP contribution in [-0.2, 0) is 0 Å². The molecule has 0 unspecified atom stereocenters. The van der Waals surface area contributed by atoms with Crippen molar-refractivity contribution in [3.05, 3.63) is 114 Å². The molecule has 1 aliphatic rings. The molecule has 1 heterocycles. The van der Waals surface area contributed by atoms with Crippen LogP contribution in [0.3, 0.4) is 0 Å². The van der Waals surface area contributed by atoms with Crippen LogP contribution in [0, 0.1) is 6.92 Å². The molecule has 0 bridgehead atoms. The van der Waals surface area contributed by atoms with Crippen LogP contribution >= 0.6 is 0 Å². The minimum Gasteiger partial charge on any atom is -0.493 e. The number of benzene rings is 3. The van der Waals surface area contributed by atoms with Gasteiger partial charge in [0, 0.05) is 6.20 Å². The molecule has 0 spiro atoms. The zero-order chi connectivity index (χ0) is 24.0. The molecule has 5 rings (SSSR count). The molecule has 35 heavy (non-hydrogen) atoms. The number of hydrogen-bond donors (Lipinski definition) is 0. The average molecular weight is 462 g/mol. The first-order chi connectivity index (χ1) is 17.2. The van der Waals surface area contributed by atoms with Crippen molar-refractivity contribution >= 4 is 11.6 Å². The molecule has 3 heteroatoms. The number of rotatable bonds is 7. The lowest BCUT2D eigenvalue weighted by Gasteiger charge is -2.18. The van der Waals surface area contributed by atoms with Crippen molar-refractivity contribution in [1.82, 2.24) is 4.98 Å². The molecular formula is C32H31NO2. The van der Waals surface area contributed by atoms with Crippen molar-refractivity contribution in [3.8, 4) is 22.6 Å². The molecule has 1 fully saturated rings. The Labute approximate surface area is 208 Å². The molecule has 0 aliphatic heterocycles. The van der Waals surface area contributed by atoms with Gasteiger partial charge in [-0.25, -0.2) is 0 Å². The highest BCUT2D eigenvalue weighted by Crippen LogP contribution is 2.36. The molecule has 0 amide bonds. The van der Waals surface area contributed by atoms with Gasteiger partial charge in [-0.3, -0.25) is 4.98 Å². The van der Waals surface area contributed by atoms with E-state index < -0.39 is 0 Å². The standard InChI is InChI=1S/C32H31NO2/c1-23-10-12-24(13-11-23)25-14-16-26(17-15-25)30(22-28-7-5-6-20-33-28)27-18-19-31(34-2)32(21-27)35-29-8-3-4-9-29/h5-7,10-22,29H,3-4,8-9H2,1-2H3. The second kappa shape index (κ2) is 10.6. The Morgan fingerprint density at radius 1 is 0.800 bits per heavy atom. The number of hydrogen-bond acceptors (Lipinski definition) is 3. The Hall–Kier alpha value is -3.85. The van der Waals surface area contributed by atoms with Crippen molar-refractivity contribution in [2.45, 2.75) is 38.7 Å². The second-order valence-corrected chi connectivity index (χ2v) is 9.15. The van der Waals surface area contributed by atoms with E-state index in [1.54, 1.807) is 7.11 Å². The monoisotopic (exact) mass is 461 g/mol. The predicted octanol–water partition coefficient (Wildman–Crippen LogP) is 7.98. The van der Waals surface area contributed by atoms with E-state index in [2.05, 4.69) is 78.6 Å². The van der Waals surface area contributed by atoms with Crippen LogP contribution in [0.25, 0.3) is 22.8 Å². The molecule has 3 nitrogen and oxygen atoms in total. The zero-order valence-corrected chi connectivity index (χ0v) is 20.4. The van der Waals surface area contributed by atoms with E-state index in [-0.39, 0.29) is 6.10 Å². The summed E-state index contributed by atoms with van der Waals surface area (Å²) in [5.41, 5.74) is 7.90. The Bertz CT molecular complexity index is 1290. The van der Waals surface area contributed by atoms with Gasteiger partial charge >= 0.3 is 0 Å². The van der Waals surface area contributed by atoms with Crippen molar-refractivity contribution in [1.29, 1.82) is 0 Å². The summed E-state index contributed by atoms with van der Waals surface area (Å²) in [4.78, 5) is 4.55. The van der Waals surface area contributed by atoms with E-state index in [9.17, 15) is 0 Å². The summed E-state index contributed by atoms with van der Waals surface area (Å²) in [6.45, 7) is 2.11. The SMILES string of the molecule is COc1ccc(C(=Cc2ccccn2)c2ccc(-c3ccc(C)cc3)cc2)cc1OC1CCCC1. The van der Waals surface area contributed by atoms with Gasteiger partial charge in [0.05, 0.1) is 18.9 Å². The summed E-state index contributed by atoms with van der Waals surface area (Å²) < 4.78 is 12.0. The zero-order valence-electron chi connectivity index (χ0n) is 20.4. The number of aromatic nitrogens is 1.